The molecule has 0 spiro atoms. The topological polar surface area (TPSA) is 77.3 Å². The maximum Gasteiger partial charge on any atom is 0.284 e. The Balaban J connectivity index is 3.52. The van der Waals surface area contributed by atoms with Gasteiger partial charge in [-0.15, -0.1) is 0 Å². The Morgan fingerprint density at radius 3 is 2.53 bits per heavy atom. The third kappa shape index (κ3) is 2.16. The SMILES string of the molecule is O=Cc1cc(C(=O)Cl)c([N+](=O)[O-])cc1F. The molecular weight excluding hydrogens is 229 g/mol. The molecule has 0 bridgehead atoms. The van der Waals surface area contributed by atoms with Crippen LogP contribution in [0.25, 0.3) is 0 Å². The third-order valence-electron chi connectivity index (χ3n) is 1.65. The quantitative estimate of drug-likeness (QED) is 0.345. The van der Waals surface area contributed by atoms with Crippen molar-refractivity contribution in [3.8, 4) is 0 Å². The van der Waals surface area contributed by atoms with Crippen LogP contribution in [0.1, 0.15) is 20.7 Å². The lowest BCUT2D eigenvalue weighted by atomic mass is 10.1. The lowest BCUT2D eigenvalue weighted by Crippen LogP contribution is -2.02. The van der Waals surface area contributed by atoms with Crippen LogP contribution >= 0.6 is 11.6 Å². The van der Waals surface area contributed by atoms with E-state index in [9.17, 15) is 24.1 Å². The summed E-state index contributed by atoms with van der Waals surface area (Å²) < 4.78 is 13.0. The molecule has 1 rings (SSSR count). The van der Waals surface area contributed by atoms with Crippen LogP contribution in [0.5, 0.6) is 0 Å². The first kappa shape index (κ1) is 11.3. The fraction of sp³-hybridized carbons (Fsp3) is 0. The summed E-state index contributed by atoms with van der Waals surface area (Å²) in [6.45, 7) is 0. The molecule has 0 aliphatic carbocycles. The number of carbonyl (C=O) groups excluding carboxylic acids is 2. The van der Waals surface area contributed by atoms with Gasteiger partial charge < -0.3 is 0 Å². The van der Waals surface area contributed by atoms with Crippen molar-refractivity contribution in [2.75, 3.05) is 0 Å². The Morgan fingerprint density at radius 2 is 2.13 bits per heavy atom. The predicted molar refractivity (Wildman–Crippen MR) is 48.6 cm³/mol. The fourth-order valence-corrected chi connectivity index (χ4v) is 1.13. The first-order chi connectivity index (χ1) is 6.97. The second kappa shape index (κ2) is 4.14. The summed E-state index contributed by atoms with van der Waals surface area (Å²) in [5.74, 6) is -1.07. The van der Waals surface area contributed by atoms with E-state index in [1.165, 1.54) is 0 Å². The van der Waals surface area contributed by atoms with E-state index in [4.69, 9.17) is 11.6 Å². The zero-order valence-corrected chi connectivity index (χ0v) is 7.82. The molecule has 0 aliphatic heterocycles. The van der Waals surface area contributed by atoms with Crippen molar-refractivity contribution in [1.29, 1.82) is 0 Å². The molecule has 0 N–H and O–H groups in total. The first-order valence-corrected chi connectivity index (χ1v) is 3.98. The van der Waals surface area contributed by atoms with E-state index in [1.54, 1.807) is 0 Å². The van der Waals surface area contributed by atoms with Gasteiger partial charge in [0, 0.05) is 0 Å². The number of benzene rings is 1. The molecule has 0 saturated heterocycles. The van der Waals surface area contributed by atoms with Gasteiger partial charge in [-0.25, -0.2) is 4.39 Å². The highest BCUT2D eigenvalue weighted by molar-refractivity contribution is 6.68. The summed E-state index contributed by atoms with van der Waals surface area (Å²) in [5, 5.41) is 9.30. The molecule has 0 saturated carbocycles. The van der Waals surface area contributed by atoms with Gasteiger partial charge in [0.25, 0.3) is 10.9 Å². The average molecular weight is 232 g/mol. The van der Waals surface area contributed by atoms with E-state index in [1.807, 2.05) is 0 Å². The number of nitro groups is 1. The van der Waals surface area contributed by atoms with Crippen molar-refractivity contribution < 1.29 is 18.9 Å². The largest absolute Gasteiger partial charge is 0.298 e. The standard InChI is InChI=1S/C8H3ClFNO4/c9-8(13)5-1-4(3-12)6(10)2-7(5)11(14)15/h1-3H. The van der Waals surface area contributed by atoms with E-state index in [-0.39, 0.29) is 6.29 Å². The molecule has 5 nitrogen and oxygen atoms in total. The number of carbonyl (C=O) groups is 2. The Morgan fingerprint density at radius 1 is 1.53 bits per heavy atom. The number of nitro benzene ring substituents is 1. The molecule has 15 heavy (non-hydrogen) atoms. The molecule has 1 aromatic rings. The van der Waals surface area contributed by atoms with Crippen LogP contribution < -0.4 is 0 Å². The minimum atomic E-state index is -1.12. The molecule has 7 heteroatoms. The maximum atomic E-state index is 13.0. The molecule has 0 radical (unpaired) electrons. The summed E-state index contributed by atoms with van der Waals surface area (Å²) >= 11 is 5.05. The fourth-order valence-electron chi connectivity index (χ4n) is 0.978. The molecular formula is C8H3ClFNO4. The number of rotatable bonds is 3. The van der Waals surface area contributed by atoms with Gasteiger partial charge in [0.2, 0.25) is 0 Å². The average Bonchev–Trinajstić information content (AvgIpc) is 2.16. The lowest BCUT2D eigenvalue weighted by molar-refractivity contribution is -0.385. The second-order valence-electron chi connectivity index (χ2n) is 2.54. The summed E-state index contributed by atoms with van der Waals surface area (Å²) in [6.07, 6.45) is 0.141. The minimum absolute atomic E-state index is 0.141. The van der Waals surface area contributed by atoms with E-state index >= 15 is 0 Å². The molecule has 78 valence electrons. The monoisotopic (exact) mass is 231 g/mol. The van der Waals surface area contributed by atoms with Crippen LogP contribution in [0, 0.1) is 15.9 Å². The minimum Gasteiger partial charge on any atom is -0.298 e. The van der Waals surface area contributed by atoms with Crippen molar-refractivity contribution in [1.82, 2.24) is 0 Å². The lowest BCUT2D eigenvalue weighted by Gasteiger charge is -1.99. The van der Waals surface area contributed by atoms with Crippen LogP contribution in [-0.2, 0) is 0 Å². The van der Waals surface area contributed by atoms with Crippen molar-refractivity contribution in [2.45, 2.75) is 0 Å². The van der Waals surface area contributed by atoms with Gasteiger partial charge in [0.1, 0.15) is 11.4 Å². The number of halogens is 2. The molecule has 0 heterocycles. The van der Waals surface area contributed by atoms with Crippen LogP contribution in [-0.4, -0.2) is 16.5 Å². The summed E-state index contributed by atoms with van der Waals surface area (Å²) in [4.78, 5) is 30.6. The van der Waals surface area contributed by atoms with Crippen LogP contribution in [0.4, 0.5) is 10.1 Å². The van der Waals surface area contributed by atoms with Crippen molar-refractivity contribution in [2.24, 2.45) is 0 Å². The van der Waals surface area contributed by atoms with Gasteiger partial charge >= 0.3 is 0 Å². The molecule has 0 unspecified atom stereocenters. The molecule has 0 amide bonds. The van der Waals surface area contributed by atoms with Crippen molar-refractivity contribution in [3.63, 3.8) is 0 Å². The van der Waals surface area contributed by atoms with Gasteiger partial charge in [-0.05, 0) is 17.7 Å². The van der Waals surface area contributed by atoms with E-state index < -0.39 is 32.8 Å². The third-order valence-corrected chi connectivity index (χ3v) is 1.85. The van der Waals surface area contributed by atoms with Crippen LogP contribution in [0.3, 0.4) is 0 Å². The Labute approximate surface area is 87.6 Å². The van der Waals surface area contributed by atoms with Crippen LogP contribution in [0.15, 0.2) is 12.1 Å². The van der Waals surface area contributed by atoms with E-state index in [0.29, 0.717) is 6.07 Å². The van der Waals surface area contributed by atoms with Crippen molar-refractivity contribution in [3.05, 3.63) is 39.2 Å². The summed E-state index contributed by atoms with van der Waals surface area (Å²) in [5.41, 5.74) is -1.73. The van der Waals surface area contributed by atoms with Gasteiger partial charge in [-0.2, -0.15) is 0 Å². The maximum absolute atomic E-state index is 13.0. The highest BCUT2D eigenvalue weighted by atomic mass is 35.5. The summed E-state index contributed by atoms with van der Waals surface area (Å²) in [6, 6.07) is 1.23. The second-order valence-corrected chi connectivity index (χ2v) is 2.88. The Bertz CT molecular complexity index is 460. The van der Waals surface area contributed by atoms with E-state index in [2.05, 4.69) is 0 Å². The van der Waals surface area contributed by atoms with Gasteiger partial charge in [-0.1, -0.05) is 0 Å². The molecule has 0 aliphatic rings. The Hall–Kier alpha value is -1.82. The number of hydrogen-bond donors (Lipinski definition) is 0. The number of nitrogens with zero attached hydrogens (tertiary/aromatic N) is 1. The van der Waals surface area contributed by atoms with Gasteiger partial charge in [-0.3, -0.25) is 19.7 Å². The highest BCUT2D eigenvalue weighted by Crippen LogP contribution is 2.23. The molecule has 1 aromatic carbocycles. The summed E-state index contributed by atoms with van der Waals surface area (Å²) in [7, 11) is 0. The Kier molecular flexibility index (Phi) is 3.11. The molecule has 0 aromatic heterocycles. The molecule has 0 fully saturated rings. The number of aldehydes is 1. The smallest absolute Gasteiger partial charge is 0.284 e. The first-order valence-electron chi connectivity index (χ1n) is 3.60. The van der Waals surface area contributed by atoms with Crippen molar-refractivity contribution >= 4 is 28.8 Å². The highest BCUT2D eigenvalue weighted by Gasteiger charge is 2.22. The molecule has 0 atom stereocenters. The normalized spacial score (nSPS) is 9.73. The van der Waals surface area contributed by atoms with Gasteiger partial charge in [0.15, 0.2) is 6.29 Å². The predicted octanol–water partition coefficient (Wildman–Crippen LogP) is 1.93. The zero-order valence-electron chi connectivity index (χ0n) is 7.07. The van der Waals surface area contributed by atoms with Crippen LogP contribution in [0.2, 0.25) is 0 Å². The van der Waals surface area contributed by atoms with E-state index in [0.717, 1.165) is 6.07 Å². The number of hydrogen-bond acceptors (Lipinski definition) is 4. The zero-order chi connectivity index (χ0) is 11.6. The van der Waals surface area contributed by atoms with Gasteiger partial charge in [0.05, 0.1) is 16.6 Å².